The Bertz CT molecular complexity index is 559. The van der Waals surface area contributed by atoms with Crippen LogP contribution in [0.4, 0.5) is 4.79 Å². The highest BCUT2D eigenvalue weighted by atomic mass is 32.2. The molecule has 1 fully saturated rings. The maximum absolute atomic E-state index is 11.9. The van der Waals surface area contributed by atoms with Gasteiger partial charge in [0, 0.05) is 37.9 Å². The van der Waals surface area contributed by atoms with Gasteiger partial charge in [0.1, 0.15) is 0 Å². The summed E-state index contributed by atoms with van der Waals surface area (Å²) in [4.78, 5) is 17.6. The highest BCUT2D eigenvalue weighted by molar-refractivity contribution is 7.91. The molecule has 7 heteroatoms. The Hall–Kier alpha value is -1.63. The van der Waals surface area contributed by atoms with Gasteiger partial charge >= 0.3 is 6.03 Å². The monoisotopic (exact) mass is 297 g/mol. The number of rotatable bonds is 4. The van der Waals surface area contributed by atoms with Gasteiger partial charge in [-0.25, -0.2) is 13.2 Å². The van der Waals surface area contributed by atoms with Gasteiger partial charge in [0.25, 0.3) is 0 Å². The molecule has 1 aromatic heterocycles. The Balaban J connectivity index is 1.77. The molecule has 1 aromatic rings. The summed E-state index contributed by atoms with van der Waals surface area (Å²) in [5, 5.41) is 2.79. The van der Waals surface area contributed by atoms with Crippen molar-refractivity contribution < 1.29 is 13.2 Å². The van der Waals surface area contributed by atoms with Gasteiger partial charge in [0.15, 0.2) is 9.84 Å². The summed E-state index contributed by atoms with van der Waals surface area (Å²) < 4.78 is 22.8. The molecule has 1 aliphatic heterocycles. The first-order chi connectivity index (χ1) is 9.48. The number of amides is 2. The van der Waals surface area contributed by atoms with Gasteiger partial charge in [0.05, 0.1) is 11.5 Å². The fourth-order valence-corrected chi connectivity index (χ4v) is 3.99. The minimum atomic E-state index is -2.97. The van der Waals surface area contributed by atoms with Gasteiger partial charge in [-0.15, -0.1) is 0 Å². The number of aromatic nitrogens is 1. The molecule has 110 valence electrons. The van der Waals surface area contributed by atoms with E-state index in [1.165, 1.54) is 4.90 Å². The van der Waals surface area contributed by atoms with Gasteiger partial charge in [-0.2, -0.15) is 0 Å². The molecular weight excluding hydrogens is 278 g/mol. The summed E-state index contributed by atoms with van der Waals surface area (Å²) in [6.07, 6.45) is 2.89. The third-order valence-electron chi connectivity index (χ3n) is 3.46. The summed E-state index contributed by atoms with van der Waals surface area (Å²) in [6, 6.07) is 5.20. The van der Waals surface area contributed by atoms with Crippen LogP contribution in [0.15, 0.2) is 24.4 Å². The van der Waals surface area contributed by atoms with Crippen LogP contribution in [0.25, 0.3) is 0 Å². The summed E-state index contributed by atoms with van der Waals surface area (Å²) in [5.41, 5.74) is 0.916. The van der Waals surface area contributed by atoms with E-state index < -0.39 is 9.84 Å². The van der Waals surface area contributed by atoms with Crippen LogP contribution in [0.3, 0.4) is 0 Å². The summed E-state index contributed by atoms with van der Waals surface area (Å²) >= 11 is 0. The Labute approximate surface area is 119 Å². The predicted octanol–water partition coefficient (Wildman–Crippen LogP) is 0.453. The van der Waals surface area contributed by atoms with Gasteiger partial charge < -0.3 is 10.2 Å². The van der Waals surface area contributed by atoms with Crippen LogP contribution in [0.5, 0.6) is 0 Å². The lowest BCUT2D eigenvalue weighted by Crippen LogP contribution is -2.44. The molecule has 2 heterocycles. The molecule has 1 N–H and O–H groups in total. The molecule has 0 saturated carbocycles. The molecule has 1 atom stereocenters. The fourth-order valence-electron chi connectivity index (χ4n) is 2.21. The number of sulfone groups is 1. The number of carbonyl (C=O) groups excluding carboxylic acids is 1. The summed E-state index contributed by atoms with van der Waals surface area (Å²) in [5.74, 6) is 0.236. The van der Waals surface area contributed by atoms with Crippen molar-refractivity contribution in [3.8, 4) is 0 Å². The normalized spacial score (nSPS) is 20.6. The van der Waals surface area contributed by atoms with Crippen molar-refractivity contribution in [2.75, 3.05) is 25.1 Å². The van der Waals surface area contributed by atoms with E-state index in [4.69, 9.17) is 0 Å². The zero-order valence-electron chi connectivity index (χ0n) is 11.4. The SMILES string of the molecule is CN(C(=O)NCCc1ccccn1)[C@H]1CCS(=O)(=O)C1. The topological polar surface area (TPSA) is 79.4 Å². The Morgan fingerprint density at radius 1 is 1.50 bits per heavy atom. The Kier molecular flexibility index (Phi) is 4.59. The number of carbonyl (C=O) groups is 1. The van der Waals surface area contributed by atoms with Crippen molar-refractivity contribution >= 4 is 15.9 Å². The number of nitrogens with one attached hydrogen (secondary N) is 1. The Morgan fingerprint density at radius 3 is 2.90 bits per heavy atom. The number of hydrogen-bond donors (Lipinski definition) is 1. The quantitative estimate of drug-likeness (QED) is 0.875. The molecule has 1 saturated heterocycles. The molecule has 1 aliphatic rings. The standard InChI is InChI=1S/C13H19N3O3S/c1-16(12-6-9-20(18,19)10-12)13(17)15-8-5-11-4-2-3-7-14-11/h2-4,7,12H,5-6,8-10H2,1H3,(H,15,17)/t12-/m0/s1. The van der Waals surface area contributed by atoms with Crippen LogP contribution >= 0.6 is 0 Å². The molecule has 0 unspecified atom stereocenters. The van der Waals surface area contributed by atoms with Crippen LogP contribution < -0.4 is 5.32 Å². The van der Waals surface area contributed by atoms with Gasteiger partial charge in [0.2, 0.25) is 0 Å². The van der Waals surface area contributed by atoms with Crippen molar-refractivity contribution in [3.63, 3.8) is 0 Å². The highest BCUT2D eigenvalue weighted by Crippen LogP contribution is 2.16. The van der Waals surface area contributed by atoms with E-state index in [0.29, 0.717) is 19.4 Å². The number of pyridine rings is 1. The maximum Gasteiger partial charge on any atom is 0.317 e. The molecule has 2 rings (SSSR count). The number of urea groups is 1. The third kappa shape index (κ3) is 3.93. The molecule has 2 amide bonds. The average molecular weight is 297 g/mol. The van der Waals surface area contributed by atoms with Gasteiger partial charge in [-0.05, 0) is 18.6 Å². The first-order valence-electron chi connectivity index (χ1n) is 6.59. The third-order valence-corrected chi connectivity index (χ3v) is 5.21. The van der Waals surface area contributed by atoms with Crippen LogP contribution in [-0.4, -0.2) is 55.5 Å². The molecule has 0 radical (unpaired) electrons. The lowest BCUT2D eigenvalue weighted by Gasteiger charge is -2.23. The fraction of sp³-hybridized carbons (Fsp3) is 0.538. The zero-order chi connectivity index (χ0) is 14.6. The van der Waals surface area contributed by atoms with Crippen molar-refractivity contribution in [2.24, 2.45) is 0 Å². The van der Waals surface area contributed by atoms with E-state index >= 15 is 0 Å². The van der Waals surface area contributed by atoms with E-state index in [9.17, 15) is 13.2 Å². The molecule has 0 aliphatic carbocycles. The van der Waals surface area contributed by atoms with E-state index in [2.05, 4.69) is 10.3 Å². The summed E-state index contributed by atoms with van der Waals surface area (Å²) in [7, 11) is -1.33. The van der Waals surface area contributed by atoms with Crippen LogP contribution in [0, 0.1) is 0 Å². The van der Waals surface area contributed by atoms with E-state index in [-0.39, 0.29) is 23.6 Å². The predicted molar refractivity (Wildman–Crippen MR) is 76.2 cm³/mol. The van der Waals surface area contributed by atoms with Crippen molar-refractivity contribution in [3.05, 3.63) is 30.1 Å². The van der Waals surface area contributed by atoms with Gasteiger partial charge in [-0.1, -0.05) is 6.07 Å². The molecular formula is C13H19N3O3S. The van der Waals surface area contributed by atoms with E-state index in [1.807, 2.05) is 18.2 Å². The zero-order valence-corrected chi connectivity index (χ0v) is 12.3. The van der Waals surface area contributed by atoms with E-state index in [0.717, 1.165) is 5.69 Å². The minimum Gasteiger partial charge on any atom is -0.338 e. The first-order valence-corrected chi connectivity index (χ1v) is 8.41. The van der Waals surface area contributed by atoms with E-state index in [1.54, 1.807) is 13.2 Å². The average Bonchev–Trinajstić information content (AvgIpc) is 2.79. The molecule has 0 aromatic carbocycles. The van der Waals surface area contributed by atoms with Crippen molar-refractivity contribution in [1.29, 1.82) is 0 Å². The molecule has 0 bridgehead atoms. The summed E-state index contributed by atoms with van der Waals surface area (Å²) in [6.45, 7) is 0.486. The van der Waals surface area contributed by atoms with Crippen LogP contribution in [-0.2, 0) is 16.3 Å². The smallest absolute Gasteiger partial charge is 0.317 e. The Morgan fingerprint density at radius 2 is 2.30 bits per heavy atom. The number of nitrogens with zero attached hydrogens (tertiary/aromatic N) is 2. The maximum atomic E-state index is 11.9. The molecule has 0 spiro atoms. The number of hydrogen-bond acceptors (Lipinski definition) is 4. The minimum absolute atomic E-state index is 0.0666. The van der Waals surface area contributed by atoms with Crippen LogP contribution in [0.1, 0.15) is 12.1 Å². The molecule has 20 heavy (non-hydrogen) atoms. The second-order valence-corrected chi connectivity index (χ2v) is 7.20. The van der Waals surface area contributed by atoms with Gasteiger partial charge in [-0.3, -0.25) is 4.98 Å². The highest BCUT2D eigenvalue weighted by Gasteiger charge is 2.32. The van der Waals surface area contributed by atoms with Crippen LogP contribution in [0.2, 0.25) is 0 Å². The second-order valence-electron chi connectivity index (χ2n) is 4.97. The lowest BCUT2D eigenvalue weighted by molar-refractivity contribution is 0.195. The van der Waals surface area contributed by atoms with Crippen molar-refractivity contribution in [1.82, 2.24) is 15.2 Å². The molecule has 6 nitrogen and oxygen atoms in total. The van der Waals surface area contributed by atoms with Crippen molar-refractivity contribution in [2.45, 2.75) is 18.9 Å². The largest absolute Gasteiger partial charge is 0.338 e. The first kappa shape index (κ1) is 14.8. The second kappa shape index (κ2) is 6.21. The lowest BCUT2D eigenvalue weighted by atomic mass is 10.2.